The minimum absolute atomic E-state index is 0.0930. The van der Waals surface area contributed by atoms with E-state index in [1.54, 1.807) is 24.3 Å². The Bertz CT molecular complexity index is 370. The van der Waals surface area contributed by atoms with Crippen LogP contribution < -0.4 is 4.74 Å². The Hall–Kier alpha value is -0.680. The molecule has 0 unspecified atom stereocenters. The summed E-state index contributed by atoms with van der Waals surface area (Å²) in [6.07, 6.45) is -1.03. The molecule has 1 aromatic rings. The fourth-order valence-electron chi connectivity index (χ4n) is 1.76. The van der Waals surface area contributed by atoms with Crippen LogP contribution in [-0.2, 0) is 0 Å². The summed E-state index contributed by atoms with van der Waals surface area (Å²) >= 11 is 3.27. The SMILES string of the molecule is OC1(COc2ccc(Br)cc2)CC(F)(F)C1. The summed E-state index contributed by atoms with van der Waals surface area (Å²) in [4.78, 5) is 0. The van der Waals surface area contributed by atoms with E-state index >= 15 is 0 Å². The molecule has 0 amide bonds. The molecule has 0 radical (unpaired) electrons. The first kappa shape index (κ1) is 11.8. The molecule has 0 bridgehead atoms. The molecule has 88 valence electrons. The van der Waals surface area contributed by atoms with Gasteiger partial charge in [-0.15, -0.1) is 0 Å². The van der Waals surface area contributed by atoms with Crippen LogP contribution in [0, 0.1) is 0 Å². The molecule has 2 rings (SSSR count). The third-order valence-corrected chi connectivity index (χ3v) is 3.03. The predicted octanol–water partition coefficient (Wildman–Crippen LogP) is 2.99. The molecule has 0 atom stereocenters. The van der Waals surface area contributed by atoms with Crippen LogP contribution in [0.3, 0.4) is 0 Å². The van der Waals surface area contributed by atoms with Gasteiger partial charge in [0.15, 0.2) is 0 Å². The largest absolute Gasteiger partial charge is 0.491 e. The lowest BCUT2D eigenvalue weighted by Crippen LogP contribution is -2.55. The summed E-state index contributed by atoms with van der Waals surface area (Å²) in [5, 5.41) is 9.65. The Morgan fingerprint density at radius 1 is 1.25 bits per heavy atom. The van der Waals surface area contributed by atoms with E-state index in [-0.39, 0.29) is 6.61 Å². The van der Waals surface area contributed by atoms with Crippen molar-refractivity contribution in [3.63, 3.8) is 0 Å². The first-order valence-electron chi connectivity index (χ1n) is 4.87. The van der Waals surface area contributed by atoms with Crippen molar-refractivity contribution in [2.24, 2.45) is 0 Å². The van der Waals surface area contributed by atoms with Crippen molar-refractivity contribution in [2.45, 2.75) is 24.4 Å². The van der Waals surface area contributed by atoms with Crippen LogP contribution in [0.4, 0.5) is 8.78 Å². The van der Waals surface area contributed by atoms with Gasteiger partial charge in [-0.25, -0.2) is 8.78 Å². The summed E-state index contributed by atoms with van der Waals surface area (Å²) in [6.45, 7) is -0.0930. The molecule has 2 nitrogen and oxygen atoms in total. The monoisotopic (exact) mass is 292 g/mol. The van der Waals surface area contributed by atoms with Gasteiger partial charge in [0.2, 0.25) is 0 Å². The fourth-order valence-corrected chi connectivity index (χ4v) is 2.03. The zero-order chi connectivity index (χ0) is 11.8. The zero-order valence-electron chi connectivity index (χ0n) is 8.42. The van der Waals surface area contributed by atoms with Crippen molar-refractivity contribution in [2.75, 3.05) is 6.61 Å². The van der Waals surface area contributed by atoms with Gasteiger partial charge in [0, 0.05) is 17.3 Å². The Morgan fingerprint density at radius 3 is 2.31 bits per heavy atom. The average Bonchev–Trinajstić information content (AvgIpc) is 2.14. The van der Waals surface area contributed by atoms with Crippen molar-refractivity contribution in [3.05, 3.63) is 28.7 Å². The summed E-state index contributed by atoms with van der Waals surface area (Å²) in [7, 11) is 0. The number of alkyl halides is 2. The number of aliphatic hydroxyl groups is 1. The Morgan fingerprint density at radius 2 is 1.81 bits per heavy atom. The van der Waals surface area contributed by atoms with Crippen molar-refractivity contribution < 1.29 is 18.6 Å². The highest BCUT2D eigenvalue weighted by atomic mass is 79.9. The van der Waals surface area contributed by atoms with Crippen LogP contribution in [0.15, 0.2) is 28.7 Å². The van der Waals surface area contributed by atoms with Gasteiger partial charge in [-0.2, -0.15) is 0 Å². The molecular weight excluding hydrogens is 282 g/mol. The van der Waals surface area contributed by atoms with Gasteiger partial charge in [0.1, 0.15) is 18.0 Å². The van der Waals surface area contributed by atoms with E-state index in [0.29, 0.717) is 5.75 Å². The minimum atomic E-state index is -2.74. The van der Waals surface area contributed by atoms with Crippen molar-refractivity contribution in [1.29, 1.82) is 0 Å². The molecule has 1 aliphatic carbocycles. The van der Waals surface area contributed by atoms with Crippen molar-refractivity contribution in [1.82, 2.24) is 0 Å². The van der Waals surface area contributed by atoms with Gasteiger partial charge in [0.05, 0.1) is 0 Å². The first-order valence-corrected chi connectivity index (χ1v) is 5.67. The van der Waals surface area contributed by atoms with Gasteiger partial charge in [-0.3, -0.25) is 0 Å². The van der Waals surface area contributed by atoms with E-state index in [9.17, 15) is 13.9 Å². The van der Waals surface area contributed by atoms with Gasteiger partial charge in [-0.05, 0) is 24.3 Å². The lowest BCUT2D eigenvalue weighted by atomic mass is 9.77. The van der Waals surface area contributed by atoms with Gasteiger partial charge >= 0.3 is 0 Å². The topological polar surface area (TPSA) is 29.5 Å². The van der Waals surface area contributed by atoms with E-state index in [1.807, 2.05) is 0 Å². The Kier molecular flexibility index (Phi) is 2.92. The normalized spacial score (nSPS) is 21.2. The highest BCUT2D eigenvalue weighted by molar-refractivity contribution is 9.10. The second kappa shape index (κ2) is 3.96. The van der Waals surface area contributed by atoms with Gasteiger partial charge in [0.25, 0.3) is 5.92 Å². The van der Waals surface area contributed by atoms with Crippen LogP contribution in [0.5, 0.6) is 5.75 Å². The van der Waals surface area contributed by atoms with Crippen LogP contribution >= 0.6 is 15.9 Å². The molecule has 1 fully saturated rings. The maximum atomic E-state index is 12.6. The second-order valence-electron chi connectivity index (χ2n) is 4.18. The lowest BCUT2D eigenvalue weighted by molar-refractivity contribution is -0.215. The summed E-state index contributed by atoms with van der Waals surface area (Å²) < 4.78 is 31.3. The van der Waals surface area contributed by atoms with E-state index < -0.39 is 24.4 Å². The third kappa shape index (κ3) is 2.71. The van der Waals surface area contributed by atoms with Crippen molar-refractivity contribution in [3.8, 4) is 5.75 Å². The molecule has 0 heterocycles. The smallest absolute Gasteiger partial charge is 0.253 e. The molecule has 0 spiro atoms. The van der Waals surface area contributed by atoms with Crippen LogP contribution in [0.1, 0.15) is 12.8 Å². The average molecular weight is 293 g/mol. The maximum Gasteiger partial charge on any atom is 0.253 e. The van der Waals surface area contributed by atoms with Crippen LogP contribution in [-0.4, -0.2) is 23.2 Å². The summed E-state index contributed by atoms with van der Waals surface area (Å²) in [6, 6.07) is 7.00. The molecule has 1 saturated carbocycles. The molecule has 0 saturated heterocycles. The summed E-state index contributed by atoms with van der Waals surface area (Å²) in [5.41, 5.74) is -1.38. The number of hydrogen-bond donors (Lipinski definition) is 1. The molecule has 5 heteroatoms. The molecule has 16 heavy (non-hydrogen) atoms. The van der Waals surface area contributed by atoms with Crippen LogP contribution in [0.25, 0.3) is 0 Å². The van der Waals surface area contributed by atoms with Crippen LogP contribution in [0.2, 0.25) is 0 Å². The van der Waals surface area contributed by atoms with Gasteiger partial charge < -0.3 is 9.84 Å². The maximum absolute atomic E-state index is 12.6. The quantitative estimate of drug-likeness (QED) is 0.928. The molecular formula is C11H11BrF2O2. The number of benzene rings is 1. The number of ether oxygens (including phenoxy) is 1. The highest BCUT2D eigenvalue weighted by Gasteiger charge is 2.56. The molecule has 1 aliphatic rings. The zero-order valence-corrected chi connectivity index (χ0v) is 10.0. The number of hydrogen-bond acceptors (Lipinski definition) is 2. The molecule has 0 aromatic heterocycles. The third-order valence-electron chi connectivity index (χ3n) is 2.50. The van der Waals surface area contributed by atoms with E-state index in [2.05, 4.69) is 15.9 Å². The standard InChI is InChI=1S/C11H11BrF2O2/c12-8-1-3-9(4-2-8)16-7-10(15)5-11(13,14)6-10/h1-4,15H,5-7H2. The molecule has 1 N–H and O–H groups in total. The Labute approximate surface area is 100 Å². The van der Waals surface area contributed by atoms with E-state index in [4.69, 9.17) is 4.74 Å². The fraction of sp³-hybridized carbons (Fsp3) is 0.455. The summed E-state index contributed by atoms with van der Waals surface area (Å²) in [5.74, 6) is -2.18. The molecule has 0 aliphatic heterocycles. The number of rotatable bonds is 3. The number of halogens is 3. The lowest BCUT2D eigenvalue weighted by Gasteiger charge is -2.42. The second-order valence-corrected chi connectivity index (χ2v) is 5.09. The van der Waals surface area contributed by atoms with E-state index in [1.165, 1.54) is 0 Å². The predicted molar refractivity (Wildman–Crippen MR) is 58.8 cm³/mol. The van der Waals surface area contributed by atoms with E-state index in [0.717, 1.165) is 4.47 Å². The molecule has 1 aromatic carbocycles. The highest BCUT2D eigenvalue weighted by Crippen LogP contribution is 2.45. The Balaban J connectivity index is 1.87. The van der Waals surface area contributed by atoms with Gasteiger partial charge in [-0.1, -0.05) is 15.9 Å². The first-order chi connectivity index (χ1) is 7.39. The minimum Gasteiger partial charge on any atom is -0.491 e. The van der Waals surface area contributed by atoms with Crippen molar-refractivity contribution >= 4 is 15.9 Å².